The van der Waals surface area contributed by atoms with Gasteiger partial charge in [-0.15, -0.1) is 0 Å². The van der Waals surface area contributed by atoms with Crippen molar-refractivity contribution in [1.82, 2.24) is 9.21 Å². The number of piperidine rings is 2. The average molecular weight is 369 g/mol. The third-order valence-electron chi connectivity index (χ3n) is 5.52. The van der Waals surface area contributed by atoms with Crippen molar-refractivity contribution in [3.05, 3.63) is 35.6 Å². The summed E-state index contributed by atoms with van der Waals surface area (Å²) in [5.74, 6) is 0.661. The van der Waals surface area contributed by atoms with E-state index in [1.165, 1.54) is 32.0 Å². The lowest BCUT2D eigenvalue weighted by molar-refractivity contribution is 0.136. The van der Waals surface area contributed by atoms with Crippen molar-refractivity contribution in [2.75, 3.05) is 32.7 Å². The van der Waals surface area contributed by atoms with Crippen molar-refractivity contribution >= 4 is 10.0 Å². The zero-order chi connectivity index (χ0) is 17.9. The van der Waals surface area contributed by atoms with Gasteiger partial charge in [-0.3, -0.25) is 0 Å². The number of rotatable bonds is 5. The first-order valence-electron chi connectivity index (χ1n) is 9.37. The standard InChI is InChI=1S/C19H29FN2O2S/c1-16-5-4-10-21(13-16)14-17-8-11-22(12-9-17)25(23,24)15-18-6-2-3-7-19(18)20/h2-3,6-7,16-17H,4-5,8-15H2,1H3. The van der Waals surface area contributed by atoms with Crippen LogP contribution in [0.4, 0.5) is 4.39 Å². The summed E-state index contributed by atoms with van der Waals surface area (Å²) in [6.07, 6.45) is 4.41. The highest BCUT2D eigenvalue weighted by Crippen LogP contribution is 2.25. The van der Waals surface area contributed by atoms with Crippen LogP contribution in [0.15, 0.2) is 24.3 Å². The van der Waals surface area contributed by atoms with Gasteiger partial charge in [0.2, 0.25) is 10.0 Å². The third kappa shape index (κ3) is 5.02. The van der Waals surface area contributed by atoms with Crippen molar-refractivity contribution < 1.29 is 12.8 Å². The normalized spacial score (nSPS) is 24.5. The van der Waals surface area contributed by atoms with Crippen molar-refractivity contribution in [1.29, 1.82) is 0 Å². The summed E-state index contributed by atoms with van der Waals surface area (Å²) in [4.78, 5) is 2.54. The molecule has 0 aromatic heterocycles. The molecule has 6 heteroatoms. The van der Waals surface area contributed by atoms with E-state index in [1.54, 1.807) is 22.5 Å². The lowest BCUT2D eigenvalue weighted by Crippen LogP contribution is -2.43. The van der Waals surface area contributed by atoms with Gasteiger partial charge in [0.1, 0.15) is 5.82 Å². The van der Waals surface area contributed by atoms with E-state index in [-0.39, 0.29) is 11.3 Å². The van der Waals surface area contributed by atoms with Gasteiger partial charge in [-0.1, -0.05) is 25.1 Å². The molecule has 2 aliphatic rings. The number of halogens is 1. The Morgan fingerprint density at radius 2 is 1.84 bits per heavy atom. The Kier molecular flexibility index (Phi) is 6.12. The molecule has 2 saturated heterocycles. The second kappa shape index (κ2) is 8.14. The minimum atomic E-state index is -3.44. The molecule has 4 nitrogen and oxygen atoms in total. The van der Waals surface area contributed by atoms with Crippen molar-refractivity contribution in [2.45, 2.75) is 38.4 Å². The van der Waals surface area contributed by atoms with Gasteiger partial charge < -0.3 is 4.90 Å². The highest BCUT2D eigenvalue weighted by molar-refractivity contribution is 7.88. The van der Waals surface area contributed by atoms with Crippen LogP contribution in [0, 0.1) is 17.7 Å². The average Bonchev–Trinajstić information content (AvgIpc) is 2.57. The van der Waals surface area contributed by atoms with Crippen LogP contribution in [-0.2, 0) is 15.8 Å². The molecule has 1 unspecified atom stereocenters. The van der Waals surface area contributed by atoms with E-state index in [0.717, 1.165) is 25.3 Å². The largest absolute Gasteiger partial charge is 0.303 e. The van der Waals surface area contributed by atoms with Crippen LogP contribution in [0.5, 0.6) is 0 Å². The highest BCUT2D eigenvalue weighted by Gasteiger charge is 2.30. The maximum absolute atomic E-state index is 13.8. The Labute approximate surface area is 151 Å². The van der Waals surface area contributed by atoms with Gasteiger partial charge in [-0.2, -0.15) is 0 Å². The fraction of sp³-hybridized carbons (Fsp3) is 0.684. The Morgan fingerprint density at radius 1 is 1.12 bits per heavy atom. The van der Waals surface area contributed by atoms with Crippen molar-refractivity contribution in [3.8, 4) is 0 Å². The molecule has 3 rings (SSSR count). The van der Waals surface area contributed by atoms with Gasteiger partial charge in [0.15, 0.2) is 0 Å². The van der Waals surface area contributed by atoms with E-state index in [4.69, 9.17) is 0 Å². The zero-order valence-corrected chi connectivity index (χ0v) is 15.8. The van der Waals surface area contributed by atoms with E-state index >= 15 is 0 Å². The van der Waals surface area contributed by atoms with Gasteiger partial charge in [-0.05, 0) is 50.1 Å². The SMILES string of the molecule is CC1CCCN(CC2CCN(S(=O)(=O)Cc3ccccc3F)CC2)C1. The molecule has 0 amide bonds. The van der Waals surface area contributed by atoms with Crippen LogP contribution >= 0.6 is 0 Å². The molecular weight excluding hydrogens is 339 g/mol. The van der Waals surface area contributed by atoms with Gasteiger partial charge in [0.05, 0.1) is 5.75 Å². The molecular formula is C19H29FN2O2S. The van der Waals surface area contributed by atoms with E-state index < -0.39 is 15.8 Å². The topological polar surface area (TPSA) is 40.6 Å². The molecule has 0 aliphatic carbocycles. The van der Waals surface area contributed by atoms with Crippen LogP contribution < -0.4 is 0 Å². The van der Waals surface area contributed by atoms with E-state index in [9.17, 15) is 12.8 Å². The van der Waals surface area contributed by atoms with Crippen molar-refractivity contribution in [2.24, 2.45) is 11.8 Å². The highest BCUT2D eigenvalue weighted by atomic mass is 32.2. The first-order chi connectivity index (χ1) is 11.9. The molecule has 0 N–H and O–H groups in total. The molecule has 0 bridgehead atoms. The molecule has 1 aromatic rings. The first kappa shape index (κ1) is 18.8. The summed E-state index contributed by atoms with van der Waals surface area (Å²) in [6, 6.07) is 6.13. The molecule has 1 atom stereocenters. The van der Waals surface area contributed by atoms with Gasteiger partial charge in [-0.25, -0.2) is 17.1 Å². The molecule has 1 aromatic carbocycles. The molecule has 0 saturated carbocycles. The lowest BCUT2D eigenvalue weighted by Gasteiger charge is -2.37. The van der Waals surface area contributed by atoms with Gasteiger partial charge >= 0.3 is 0 Å². The van der Waals surface area contributed by atoms with E-state index in [0.29, 0.717) is 19.0 Å². The summed E-state index contributed by atoms with van der Waals surface area (Å²) < 4.78 is 40.5. The number of likely N-dealkylation sites (tertiary alicyclic amines) is 1. The summed E-state index contributed by atoms with van der Waals surface area (Å²) in [7, 11) is -3.44. The number of nitrogens with zero attached hydrogens (tertiary/aromatic N) is 2. The van der Waals surface area contributed by atoms with Gasteiger partial charge in [0, 0.05) is 31.7 Å². The van der Waals surface area contributed by atoms with Crippen LogP contribution in [0.1, 0.15) is 38.2 Å². The maximum atomic E-state index is 13.8. The minimum Gasteiger partial charge on any atom is -0.303 e. The smallest absolute Gasteiger partial charge is 0.218 e. The number of benzene rings is 1. The summed E-state index contributed by atoms with van der Waals surface area (Å²) in [5, 5.41) is 0. The Morgan fingerprint density at radius 3 is 2.52 bits per heavy atom. The van der Waals surface area contributed by atoms with Gasteiger partial charge in [0.25, 0.3) is 0 Å². The molecule has 2 fully saturated rings. The maximum Gasteiger partial charge on any atom is 0.218 e. The molecule has 0 radical (unpaired) electrons. The van der Waals surface area contributed by atoms with E-state index in [1.807, 2.05) is 0 Å². The monoisotopic (exact) mass is 368 g/mol. The van der Waals surface area contributed by atoms with Crippen LogP contribution in [0.3, 0.4) is 0 Å². The molecule has 25 heavy (non-hydrogen) atoms. The second-order valence-electron chi connectivity index (χ2n) is 7.70. The van der Waals surface area contributed by atoms with E-state index in [2.05, 4.69) is 11.8 Å². The molecule has 2 aliphatic heterocycles. The second-order valence-corrected chi connectivity index (χ2v) is 9.67. The molecule has 0 spiro atoms. The summed E-state index contributed by atoms with van der Waals surface area (Å²) in [6.45, 7) is 6.87. The molecule has 2 heterocycles. The zero-order valence-electron chi connectivity index (χ0n) is 15.0. The predicted molar refractivity (Wildman–Crippen MR) is 98.2 cm³/mol. The third-order valence-corrected chi connectivity index (χ3v) is 7.35. The first-order valence-corrected chi connectivity index (χ1v) is 11.0. The number of hydrogen-bond donors (Lipinski definition) is 0. The van der Waals surface area contributed by atoms with Crippen LogP contribution in [0.2, 0.25) is 0 Å². The summed E-state index contributed by atoms with van der Waals surface area (Å²) >= 11 is 0. The lowest BCUT2D eigenvalue weighted by atomic mass is 9.94. The fourth-order valence-electron chi connectivity index (χ4n) is 4.09. The number of sulfonamides is 1. The van der Waals surface area contributed by atoms with Crippen LogP contribution in [0.25, 0.3) is 0 Å². The molecule has 140 valence electrons. The quantitative estimate of drug-likeness (QED) is 0.802. The Balaban J connectivity index is 1.52. The predicted octanol–water partition coefficient (Wildman–Crippen LogP) is 3.10. The minimum absolute atomic E-state index is 0.242. The fourth-order valence-corrected chi connectivity index (χ4v) is 5.67. The van der Waals surface area contributed by atoms with Crippen molar-refractivity contribution in [3.63, 3.8) is 0 Å². The van der Waals surface area contributed by atoms with Crippen LogP contribution in [-0.4, -0.2) is 50.3 Å². The summed E-state index contributed by atoms with van der Waals surface area (Å²) in [5.41, 5.74) is 0.256. The Bertz CT molecular complexity index is 672. The number of hydrogen-bond acceptors (Lipinski definition) is 3. The Hall–Kier alpha value is -0.980.